The second-order valence-corrected chi connectivity index (χ2v) is 31.0. The molecule has 0 heterocycles. The smallest absolute Gasteiger partial charge is 0.462 e. The van der Waals surface area contributed by atoms with E-state index in [9.17, 15) is 43.2 Å². The van der Waals surface area contributed by atoms with Crippen molar-refractivity contribution in [2.45, 2.75) is 425 Å². The quantitative estimate of drug-likeness (QED) is 0.0169. The number of phosphoric acid groups is 2. The molecule has 3 N–H and O–H groups in total. The minimum atomic E-state index is -4.97. The highest BCUT2D eigenvalue weighted by molar-refractivity contribution is 7.47. The van der Waals surface area contributed by atoms with Crippen LogP contribution in [0.2, 0.25) is 0 Å². The summed E-state index contributed by atoms with van der Waals surface area (Å²) in [5.74, 6) is -2.14. The van der Waals surface area contributed by atoms with Gasteiger partial charge >= 0.3 is 39.5 Å². The van der Waals surface area contributed by atoms with Gasteiger partial charge < -0.3 is 33.8 Å². The van der Waals surface area contributed by atoms with Gasteiger partial charge in [-0.15, -0.1) is 0 Å². The summed E-state index contributed by atoms with van der Waals surface area (Å²) in [5, 5.41) is 10.6. The van der Waals surface area contributed by atoms with Crippen molar-refractivity contribution in [3.63, 3.8) is 0 Å². The van der Waals surface area contributed by atoms with Crippen LogP contribution in [-0.4, -0.2) is 96.7 Å². The average Bonchev–Trinajstić information content (AvgIpc) is 1.09. The topological polar surface area (TPSA) is 237 Å². The van der Waals surface area contributed by atoms with E-state index in [0.717, 1.165) is 109 Å². The molecular formula is C80H152O17P2. The molecule has 0 fully saturated rings. The second-order valence-electron chi connectivity index (χ2n) is 28.1. The zero-order valence-electron chi connectivity index (χ0n) is 64.0. The Morgan fingerprint density at radius 1 is 0.283 bits per heavy atom. The van der Waals surface area contributed by atoms with E-state index < -0.39 is 97.5 Å². The Kier molecular flexibility index (Phi) is 72.0. The molecule has 0 aromatic rings. The van der Waals surface area contributed by atoms with Crippen molar-refractivity contribution >= 4 is 39.5 Å². The maximum atomic E-state index is 13.1. The number of ether oxygens (including phenoxy) is 4. The largest absolute Gasteiger partial charge is 0.472 e. The van der Waals surface area contributed by atoms with Gasteiger partial charge in [0.2, 0.25) is 0 Å². The third kappa shape index (κ3) is 73.6. The minimum absolute atomic E-state index is 0.102. The second kappa shape index (κ2) is 73.8. The number of aliphatic hydroxyl groups is 1. The van der Waals surface area contributed by atoms with Crippen molar-refractivity contribution in [3.05, 3.63) is 24.3 Å². The van der Waals surface area contributed by atoms with Crippen LogP contribution in [0.3, 0.4) is 0 Å². The molecule has 0 rings (SSSR count). The number of carbonyl (C=O) groups is 4. The van der Waals surface area contributed by atoms with Crippen LogP contribution in [0.5, 0.6) is 0 Å². The van der Waals surface area contributed by atoms with Crippen LogP contribution in [-0.2, 0) is 65.4 Å². The number of unbranched alkanes of at least 4 members (excludes halogenated alkanes) is 50. The number of phosphoric ester groups is 2. The molecule has 0 amide bonds. The number of hydrogen-bond donors (Lipinski definition) is 3. The van der Waals surface area contributed by atoms with Crippen LogP contribution in [0.4, 0.5) is 0 Å². The number of esters is 4. The van der Waals surface area contributed by atoms with Crippen molar-refractivity contribution in [1.82, 2.24) is 0 Å². The molecule has 0 aliphatic heterocycles. The number of carbonyl (C=O) groups excluding carboxylic acids is 4. The fourth-order valence-electron chi connectivity index (χ4n) is 11.9. The van der Waals surface area contributed by atoms with Gasteiger partial charge in [-0.25, -0.2) is 9.13 Å². The molecule has 0 radical (unpaired) electrons. The predicted octanol–water partition coefficient (Wildman–Crippen LogP) is 23.7. The number of hydrogen-bond acceptors (Lipinski definition) is 15. The summed E-state index contributed by atoms with van der Waals surface area (Å²) >= 11 is 0. The molecule has 0 saturated carbocycles. The van der Waals surface area contributed by atoms with Gasteiger partial charge in [0, 0.05) is 25.7 Å². The molecule has 0 saturated heterocycles. The van der Waals surface area contributed by atoms with Crippen LogP contribution in [0.15, 0.2) is 24.3 Å². The Morgan fingerprint density at radius 2 is 0.485 bits per heavy atom. The van der Waals surface area contributed by atoms with E-state index in [1.807, 2.05) is 0 Å². The first-order valence-electron chi connectivity index (χ1n) is 41.1. The molecule has 0 aliphatic carbocycles. The van der Waals surface area contributed by atoms with Crippen LogP contribution in [0.25, 0.3) is 0 Å². The number of allylic oxidation sites excluding steroid dienone is 4. The van der Waals surface area contributed by atoms with Gasteiger partial charge in [-0.05, 0) is 51.4 Å². The zero-order chi connectivity index (χ0) is 72.5. The lowest BCUT2D eigenvalue weighted by Gasteiger charge is -2.21. The molecule has 99 heavy (non-hydrogen) atoms. The van der Waals surface area contributed by atoms with E-state index in [2.05, 4.69) is 52.0 Å². The monoisotopic (exact) mass is 1450 g/mol. The van der Waals surface area contributed by atoms with E-state index in [1.165, 1.54) is 218 Å². The highest BCUT2D eigenvalue weighted by atomic mass is 31.2. The lowest BCUT2D eigenvalue weighted by atomic mass is 10.0. The first-order valence-corrected chi connectivity index (χ1v) is 44.1. The average molecular weight is 1450 g/mol. The van der Waals surface area contributed by atoms with Crippen LogP contribution in [0.1, 0.15) is 407 Å². The number of rotatable bonds is 79. The predicted molar refractivity (Wildman–Crippen MR) is 405 cm³/mol. The third-order valence-corrected chi connectivity index (χ3v) is 20.1. The third-order valence-electron chi connectivity index (χ3n) is 18.2. The summed E-state index contributed by atoms with van der Waals surface area (Å²) in [7, 11) is -9.93. The Hall–Kier alpha value is -2.46. The van der Waals surface area contributed by atoms with Gasteiger partial charge in [-0.2, -0.15) is 0 Å². The van der Waals surface area contributed by atoms with E-state index in [1.54, 1.807) is 0 Å². The maximum Gasteiger partial charge on any atom is 0.472 e. The molecule has 19 heteroatoms. The molecular weight excluding hydrogens is 1290 g/mol. The Balaban J connectivity index is 5.27. The highest BCUT2D eigenvalue weighted by Gasteiger charge is 2.30. The first-order chi connectivity index (χ1) is 48.2. The molecule has 5 atom stereocenters. The number of aliphatic hydroxyl groups excluding tert-OH is 1. The molecule has 17 nitrogen and oxygen atoms in total. The highest BCUT2D eigenvalue weighted by Crippen LogP contribution is 2.45. The standard InChI is InChI=1S/C80H152O17P2/c1-5-9-13-17-21-25-29-32-35-36-37-38-40-43-47-51-55-59-63-67-80(85)97-76(71-91-78(83)65-61-57-53-49-45-42-39-33-30-26-22-18-14-10-6-2)73-95-99(88,89)93-69-74(81)68-92-98(86,87)94-72-75(70-90-77(82)64-60-56-52-48-44-28-24-20-16-12-8-4)96-79(84)66-62-58-54-50-46-41-34-31-27-23-19-15-11-7-3/h26,30,33,39,74-76,81H,5-25,27-29,31-32,34-38,40-73H2,1-4H3,(H,86,87)(H,88,89)/b30-26-,39-33-/t74-,75+,76+/m0/s1. The summed E-state index contributed by atoms with van der Waals surface area (Å²) in [4.78, 5) is 73.0. The summed E-state index contributed by atoms with van der Waals surface area (Å²) < 4.78 is 68.6. The molecule has 0 aromatic carbocycles. The Morgan fingerprint density at radius 3 is 0.737 bits per heavy atom. The SMILES string of the molecule is CCCCCC/C=C\C=C/CCCCCCCC(=O)OC[C@H](COP(=O)(O)OC[C@@H](O)COP(=O)(O)OC[C@@H](COC(=O)CCCCCCCCCCCCC)OC(=O)CCCCCCCCCCCCCCCC)OC(=O)CCCCCCCCCCCCCCCCCCCCC. The zero-order valence-corrected chi connectivity index (χ0v) is 65.7. The van der Waals surface area contributed by atoms with E-state index >= 15 is 0 Å². The van der Waals surface area contributed by atoms with E-state index in [4.69, 9.17) is 37.0 Å². The fraction of sp³-hybridized carbons (Fsp3) is 0.900. The van der Waals surface area contributed by atoms with Gasteiger partial charge in [0.1, 0.15) is 19.3 Å². The van der Waals surface area contributed by atoms with Gasteiger partial charge in [0.15, 0.2) is 12.2 Å². The van der Waals surface area contributed by atoms with Crippen molar-refractivity contribution in [2.75, 3.05) is 39.6 Å². The van der Waals surface area contributed by atoms with E-state index in [-0.39, 0.29) is 25.7 Å². The van der Waals surface area contributed by atoms with Crippen LogP contribution < -0.4 is 0 Å². The molecule has 0 aliphatic rings. The molecule has 0 bridgehead atoms. The normalized spacial score (nSPS) is 14.0. The summed E-state index contributed by atoms with van der Waals surface area (Å²) in [6, 6.07) is 0. The van der Waals surface area contributed by atoms with Crippen molar-refractivity contribution in [2.24, 2.45) is 0 Å². The Bertz CT molecular complexity index is 1970. The van der Waals surface area contributed by atoms with E-state index in [0.29, 0.717) is 25.7 Å². The van der Waals surface area contributed by atoms with Crippen molar-refractivity contribution < 1.29 is 80.2 Å². The summed E-state index contributed by atoms with van der Waals surface area (Å²) in [5.41, 5.74) is 0. The molecule has 584 valence electrons. The summed E-state index contributed by atoms with van der Waals surface area (Å²) in [6.45, 7) is 4.95. The van der Waals surface area contributed by atoms with Gasteiger partial charge in [0.25, 0.3) is 0 Å². The molecule has 2 unspecified atom stereocenters. The van der Waals surface area contributed by atoms with Gasteiger partial charge in [-0.1, -0.05) is 354 Å². The van der Waals surface area contributed by atoms with Crippen molar-refractivity contribution in [3.8, 4) is 0 Å². The van der Waals surface area contributed by atoms with Crippen LogP contribution in [0, 0.1) is 0 Å². The van der Waals surface area contributed by atoms with Crippen molar-refractivity contribution in [1.29, 1.82) is 0 Å². The fourth-order valence-corrected chi connectivity index (χ4v) is 13.5. The minimum Gasteiger partial charge on any atom is -0.462 e. The summed E-state index contributed by atoms with van der Waals surface area (Å²) in [6.07, 6.45) is 68.7. The first kappa shape index (κ1) is 96.5. The molecule has 0 spiro atoms. The lowest BCUT2D eigenvalue weighted by Crippen LogP contribution is -2.30. The van der Waals surface area contributed by atoms with Gasteiger partial charge in [-0.3, -0.25) is 37.3 Å². The maximum absolute atomic E-state index is 13.1. The Labute approximate surface area is 605 Å². The lowest BCUT2D eigenvalue weighted by molar-refractivity contribution is -0.161. The van der Waals surface area contributed by atoms with Gasteiger partial charge in [0.05, 0.1) is 26.4 Å². The van der Waals surface area contributed by atoms with Crippen LogP contribution >= 0.6 is 15.6 Å². The molecule has 0 aromatic heterocycles.